The SMILES string of the molecule is O=C(O)C(F)(F)F.O=C(c1cccs1)N1CCC2(CC1)CCN(Cc1ccccn1)C2=O. The molecular formula is C21H22F3N3O4S. The molecule has 0 radical (unpaired) electrons. The first-order valence-electron chi connectivity index (χ1n) is 9.94. The number of carboxylic acid groups (broad SMARTS) is 1. The van der Waals surface area contributed by atoms with Crippen molar-refractivity contribution in [2.75, 3.05) is 19.6 Å². The monoisotopic (exact) mass is 469 g/mol. The Labute approximate surface area is 186 Å². The van der Waals surface area contributed by atoms with Crippen LogP contribution in [0.1, 0.15) is 34.6 Å². The van der Waals surface area contributed by atoms with Gasteiger partial charge in [0.25, 0.3) is 5.91 Å². The van der Waals surface area contributed by atoms with Gasteiger partial charge in [-0.05, 0) is 42.8 Å². The molecular weight excluding hydrogens is 447 g/mol. The van der Waals surface area contributed by atoms with Crippen LogP contribution in [0.15, 0.2) is 41.9 Å². The van der Waals surface area contributed by atoms with Crippen molar-refractivity contribution in [3.8, 4) is 0 Å². The summed E-state index contributed by atoms with van der Waals surface area (Å²) in [7, 11) is 0. The molecule has 4 heterocycles. The molecule has 0 bridgehead atoms. The van der Waals surface area contributed by atoms with Crippen LogP contribution < -0.4 is 0 Å². The Balaban J connectivity index is 0.000000360. The van der Waals surface area contributed by atoms with Crippen LogP contribution in [-0.4, -0.2) is 63.5 Å². The molecule has 172 valence electrons. The number of rotatable bonds is 3. The third kappa shape index (κ3) is 5.45. The van der Waals surface area contributed by atoms with Crippen LogP contribution in [0.2, 0.25) is 0 Å². The van der Waals surface area contributed by atoms with E-state index in [2.05, 4.69) is 4.98 Å². The maximum atomic E-state index is 13.0. The predicted molar refractivity (Wildman–Crippen MR) is 110 cm³/mol. The van der Waals surface area contributed by atoms with E-state index in [0.29, 0.717) is 19.6 Å². The van der Waals surface area contributed by atoms with Crippen molar-refractivity contribution >= 4 is 29.1 Å². The summed E-state index contributed by atoms with van der Waals surface area (Å²) >= 11 is 1.48. The molecule has 1 spiro atoms. The fourth-order valence-electron chi connectivity index (χ4n) is 3.89. The topological polar surface area (TPSA) is 90.8 Å². The summed E-state index contributed by atoms with van der Waals surface area (Å²) in [6.07, 6.45) is -0.899. The van der Waals surface area contributed by atoms with E-state index in [1.807, 2.05) is 45.5 Å². The highest BCUT2D eigenvalue weighted by atomic mass is 32.1. The summed E-state index contributed by atoms with van der Waals surface area (Å²) in [5.41, 5.74) is 0.652. The summed E-state index contributed by atoms with van der Waals surface area (Å²) < 4.78 is 31.7. The van der Waals surface area contributed by atoms with Crippen molar-refractivity contribution in [1.29, 1.82) is 0 Å². The molecule has 2 aromatic heterocycles. The summed E-state index contributed by atoms with van der Waals surface area (Å²) in [6, 6.07) is 9.57. The highest BCUT2D eigenvalue weighted by molar-refractivity contribution is 7.12. The number of carbonyl (C=O) groups is 3. The van der Waals surface area contributed by atoms with Crippen molar-refractivity contribution < 1.29 is 32.7 Å². The molecule has 11 heteroatoms. The van der Waals surface area contributed by atoms with Gasteiger partial charge in [0.2, 0.25) is 5.91 Å². The number of aliphatic carboxylic acids is 1. The zero-order valence-electron chi connectivity index (χ0n) is 17.0. The van der Waals surface area contributed by atoms with Crippen molar-refractivity contribution in [2.24, 2.45) is 5.41 Å². The summed E-state index contributed by atoms with van der Waals surface area (Å²) in [5, 5.41) is 9.05. The lowest BCUT2D eigenvalue weighted by Crippen LogP contribution is -2.46. The second kappa shape index (κ2) is 9.68. The molecule has 32 heavy (non-hydrogen) atoms. The van der Waals surface area contributed by atoms with Crippen LogP contribution >= 0.6 is 11.3 Å². The number of pyridine rings is 1. The van der Waals surface area contributed by atoms with E-state index in [9.17, 15) is 22.8 Å². The number of hydrogen-bond acceptors (Lipinski definition) is 5. The maximum absolute atomic E-state index is 13.0. The summed E-state index contributed by atoms with van der Waals surface area (Å²) in [5.74, 6) is -2.42. The fourth-order valence-corrected chi connectivity index (χ4v) is 4.58. The van der Waals surface area contributed by atoms with E-state index < -0.39 is 12.1 Å². The van der Waals surface area contributed by atoms with E-state index in [0.717, 1.165) is 36.4 Å². The lowest BCUT2D eigenvalue weighted by atomic mass is 9.77. The van der Waals surface area contributed by atoms with E-state index in [1.54, 1.807) is 6.20 Å². The van der Waals surface area contributed by atoms with Gasteiger partial charge in [-0.15, -0.1) is 11.3 Å². The normalized spacial score (nSPS) is 17.8. The van der Waals surface area contributed by atoms with E-state index in [4.69, 9.17) is 9.90 Å². The molecule has 1 N–H and O–H groups in total. The fraction of sp³-hybridized carbons (Fsp3) is 0.429. The molecule has 0 aliphatic carbocycles. The van der Waals surface area contributed by atoms with Gasteiger partial charge in [-0.2, -0.15) is 13.2 Å². The van der Waals surface area contributed by atoms with Gasteiger partial charge in [-0.1, -0.05) is 12.1 Å². The zero-order chi connectivity index (χ0) is 23.4. The Bertz CT molecular complexity index is 943. The average Bonchev–Trinajstić information content (AvgIpc) is 3.40. The van der Waals surface area contributed by atoms with Crippen LogP contribution in [0.25, 0.3) is 0 Å². The van der Waals surface area contributed by atoms with Crippen LogP contribution in [0.4, 0.5) is 13.2 Å². The number of hydrogen-bond donors (Lipinski definition) is 1. The molecule has 0 saturated carbocycles. The minimum absolute atomic E-state index is 0.0978. The Kier molecular flexibility index (Phi) is 7.17. The molecule has 2 aliphatic heterocycles. The van der Waals surface area contributed by atoms with Gasteiger partial charge in [-0.25, -0.2) is 4.79 Å². The predicted octanol–water partition coefficient (Wildman–Crippen LogP) is 3.43. The lowest BCUT2D eigenvalue weighted by Gasteiger charge is -2.37. The van der Waals surface area contributed by atoms with Gasteiger partial charge >= 0.3 is 12.1 Å². The van der Waals surface area contributed by atoms with Crippen molar-refractivity contribution in [2.45, 2.75) is 32.0 Å². The number of amides is 2. The Morgan fingerprint density at radius 1 is 1.09 bits per heavy atom. The Hall–Kier alpha value is -2.95. The first kappa shape index (κ1) is 23.7. The molecule has 0 aromatic carbocycles. The van der Waals surface area contributed by atoms with Crippen LogP contribution in [0.5, 0.6) is 0 Å². The number of thiophene rings is 1. The maximum Gasteiger partial charge on any atom is 0.490 e. The second-order valence-electron chi connectivity index (χ2n) is 7.65. The standard InChI is InChI=1S/C19H21N3O2S.C2HF3O2/c23-17(16-5-3-13-25-16)21-10-6-19(7-11-21)8-12-22(18(19)24)14-15-4-1-2-9-20-15;3-2(4,5)1(6)7/h1-5,9,13H,6-8,10-12,14H2;(H,6,7). The second-order valence-corrected chi connectivity index (χ2v) is 8.60. The first-order valence-corrected chi connectivity index (χ1v) is 10.8. The van der Waals surface area contributed by atoms with Crippen molar-refractivity contribution in [1.82, 2.24) is 14.8 Å². The van der Waals surface area contributed by atoms with Gasteiger partial charge in [0.15, 0.2) is 0 Å². The molecule has 0 atom stereocenters. The average molecular weight is 469 g/mol. The van der Waals surface area contributed by atoms with Crippen molar-refractivity contribution in [3.05, 3.63) is 52.5 Å². The van der Waals surface area contributed by atoms with Gasteiger partial charge in [0, 0.05) is 25.8 Å². The molecule has 0 unspecified atom stereocenters. The van der Waals surface area contributed by atoms with E-state index >= 15 is 0 Å². The number of carboxylic acids is 1. The molecule has 7 nitrogen and oxygen atoms in total. The van der Waals surface area contributed by atoms with Gasteiger partial charge in [0.1, 0.15) is 0 Å². The molecule has 2 aromatic rings. The summed E-state index contributed by atoms with van der Waals surface area (Å²) in [4.78, 5) is 43.3. The van der Waals surface area contributed by atoms with Gasteiger partial charge in [0.05, 0.1) is 22.5 Å². The summed E-state index contributed by atoms with van der Waals surface area (Å²) in [6.45, 7) is 2.70. The molecule has 4 rings (SSSR count). The molecule has 2 saturated heterocycles. The quantitative estimate of drug-likeness (QED) is 0.744. The third-order valence-corrected chi connectivity index (χ3v) is 6.52. The van der Waals surface area contributed by atoms with Gasteiger partial charge in [-0.3, -0.25) is 14.6 Å². The molecule has 2 aliphatic rings. The zero-order valence-corrected chi connectivity index (χ0v) is 17.9. The minimum atomic E-state index is -5.08. The molecule has 2 fully saturated rings. The molecule has 2 amide bonds. The van der Waals surface area contributed by atoms with Crippen LogP contribution in [0, 0.1) is 5.41 Å². The number of halogens is 3. The number of alkyl halides is 3. The minimum Gasteiger partial charge on any atom is -0.475 e. The van der Waals surface area contributed by atoms with E-state index in [-0.39, 0.29) is 17.2 Å². The van der Waals surface area contributed by atoms with Crippen molar-refractivity contribution in [3.63, 3.8) is 0 Å². The number of carbonyl (C=O) groups excluding carboxylic acids is 2. The highest BCUT2D eigenvalue weighted by Gasteiger charge is 2.48. The number of aromatic nitrogens is 1. The largest absolute Gasteiger partial charge is 0.490 e. The van der Waals surface area contributed by atoms with Gasteiger partial charge < -0.3 is 14.9 Å². The third-order valence-electron chi connectivity index (χ3n) is 5.66. The van der Waals surface area contributed by atoms with Crippen LogP contribution in [-0.2, 0) is 16.1 Å². The van der Waals surface area contributed by atoms with Crippen LogP contribution in [0.3, 0.4) is 0 Å². The Morgan fingerprint density at radius 3 is 2.28 bits per heavy atom. The number of nitrogens with zero attached hydrogens (tertiary/aromatic N) is 3. The smallest absolute Gasteiger partial charge is 0.475 e. The highest BCUT2D eigenvalue weighted by Crippen LogP contribution is 2.42. The first-order chi connectivity index (χ1) is 15.1. The Morgan fingerprint density at radius 2 is 1.75 bits per heavy atom. The number of likely N-dealkylation sites (tertiary alicyclic amines) is 2. The van der Waals surface area contributed by atoms with E-state index in [1.165, 1.54) is 11.3 Å². The lowest BCUT2D eigenvalue weighted by molar-refractivity contribution is -0.192. The number of piperidine rings is 1.